The zero-order valence-corrected chi connectivity index (χ0v) is 18.7. The minimum absolute atomic E-state index is 0.106. The molecule has 5 heteroatoms. The lowest BCUT2D eigenvalue weighted by atomic mass is 9.84. The first-order chi connectivity index (χ1) is 13.3. The summed E-state index contributed by atoms with van der Waals surface area (Å²) in [6.45, 7) is 9.71. The molecule has 0 spiro atoms. The van der Waals surface area contributed by atoms with E-state index in [9.17, 15) is 9.59 Å². The van der Waals surface area contributed by atoms with Gasteiger partial charge >= 0.3 is 6.09 Å². The van der Waals surface area contributed by atoms with Crippen LogP contribution in [-0.2, 0) is 9.53 Å². The lowest BCUT2D eigenvalue weighted by molar-refractivity contribution is -0.128. The van der Waals surface area contributed by atoms with E-state index in [1.54, 1.807) is 20.8 Å². The minimum atomic E-state index is -0.644. The Kier molecular flexibility index (Phi) is 7.41. The molecule has 28 heavy (non-hydrogen) atoms. The SMILES string of the molecule is CC.CC(C)(C)OC(=O)N1CC(c2ccc(Br)cc2)C(c2ccccc2)C1=O. The third-order valence-electron chi connectivity index (χ3n) is 4.38. The highest BCUT2D eigenvalue weighted by atomic mass is 79.9. The van der Waals surface area contributed by atoms with Gasteiger partial charge in [0.15, 0.2) is 0 Å². The fourth-order valence-electron chi connectivity index (χ4n) is 3.26. The molecular formula is C23H28BrNO3. The minimum Gasteiger partial charge on any atom is -0.443 e. The summed E-state index contributed by atoms with van der Waals surface area (Å²) in [5, 5.41) is 0. The molecule has 2 amide bonds. The molecule has 1 aliphatic heterocycles. The van der Waals surface area contributed by atoms with Crippen molar-refractivity contribution in [3.05, 3.63) is 70.2 Å². The second-order valence-electron chi connectivity index (χ2n) is 7.48. The number of carbonyl (C=O) groups is 2. The van der Waals surface area contributed by atoms with Crippen molar-refractivity contribution in [3.63, 3.8) is 0 Å². The van der Waals surface area contributed by atoms with Gasteiger partial charge in [0.2, 0.25) is 5.91 Å². The predicted octanol–water partition coefficient (Wildman–Crippen LogP) is 6.12. The third-order valence-corrected chi connectivity index (χ3v) is 4.91. The standard InChI is InChI=1S/C21H22BrNO3.C2H6/c1-21(2,3)26-20(25)23-13-17(14-9-11-16(22)12-10-14)18(19(23)24)15-7-5-4-6-8-15;1-2/h4-12,17-18H,13H2,1-3H3;1-2H3. The van der Waals surface area contributed by atoms with Crippen LogP contribution in [0.1, 0.15) is 57.6 Å². The maximum absolute atomic E-state index is 13.1. The van der Waals surface area contributed by atoms with Gasteiger partial charge < -0.3 is 4.74 Å². The molecule has 1 aliphatic rings. The Hall–Kier alpha value is -2.14. The van der Waals surface area contributed by atoms with E-state index in [1.165, 1.54) is 4.90 Å². The summed E-state index contributed by atoms with van der Waals surface area (Å²) in [6.07, 6.45) is -0.581. The number of carbonyl (C=O) groups excluding carboxylic acids is 2. The maximum atomic E-state index is 13.1. The first-order valence-electron chi connectivity index (χ1n) is 9.61. The van der Waals surface area contributed by atoms with E-state index in [4.69, 9.17) is 4.74 Å². The molecule has 0 saturated carbocycles. The van der Waals surface area contributed by atoms with Gasteiger partial charge in [-0.05, 0) is 44.0 Å². The van der Waals surface area contributed by atoms with Gasteiger partial charge in [-0.25, -0.2) is 9.69 Å². The molecular weight excluding hydrogens is 418 g/mol. The van der Waals surface area contributed by atoms with Crippen LogP contribution in [-0.4, -0.2) is 29.0 Å². The fraction of sp³-hybridized carbons (Fsp3) is 0.391. The van der Waals surface area contributed by atoms with Crippen molar-refractivity contribution < 1.29 is 14.3 Å². The van der Waals surface area contributed by atoms with Crippen molar-refractivity contribution in [1.82, 2.24) is 4.90 Å². The van der Waals surface area contributed by atoms with Crippen LogP contribution < -0.4 is 0 Å². The number of benzene rings is 2. The molecule has 150 valence electrons. The lowest BCUT2D eigenvalue weighted by Gasteiger charge is -2.23. The molecule has 1 saturated heterocycles. The zero-order chi connectivity index (χ0) is 20.9. The average Bonchev–Trinajstić information content (AvgIpc) is 3.01. The molecule has 1 fully saturated rings. The van der Waals surface area contributed by atoms with Gasteiger partial charge in [-0.15, -0.1) is 0 Å². The van der Waals surface area contributed by atoms with Crippen molar-refractivity contribution in [3.8, 4) is 0 Å². The maximum Gasteiger partial charge on any atom is 0.417 e. The van der Waals surface area contributed by atoms with E-state index in [1.807, 2.05) is 68.4 Å². The lowest BCUT2D eigenvalue weighted by Crippen LogP contribution is -2.38. The van der Waals surface area contributed by atoms with Gasteiger partial charge in [0, 0.05) is 16.9 Å². The molecule has 0 aromatic heterocycles. The molecule has 2 aromatic carbocycles. The van der Waals surface area contributed by atoms with E-state index in [0.717, 1.165) is 15.6 Å². The van der Waals surface area contributed by atoms with Crippen LogP contribution in [0, 0.1) is 0 Å². The Morgan fingerprint density at radius 1 is 1.00 bits per heavy atom. The second kappa shape index (κ2) is 9.37. The van der Waals surface area contributed by atoms with Crippen LogP contribution in [0.2, 0.25) is 0 Å². The van der Waals surface area contributed by atoms with Crippen molar-refractivity contribution in [2.75, 3.05) is 6.54 Å². The fourth-order valence-corrected chi connectivity index (χ4v) is 3.52. The Balaban J connectivity index is 0.00000136. The van der Waals surface area contributed by atoms with Crippen LogP contribution in [0.25, 0.3) is 0 Å². The third kappa shape index (κ3) is 5.22. The molecule has 0 aliphatic carbocycles. The highest BCUT2D eigenvalue weighted by Crippen LogP contribution is 2.41. The summed E-state index contributed by atoms with van der Waals surface area (Å²) in [4.78, 5) is 26.9. The molecule has 3 rings (SSSR count). The Bertz CT molecular complexity index is 797. The van der Waals surface area contributed by atoms with Crippen molar-refractivity contribution in [1.29, 1.82) is 0 Å². The quantitative estimate of drug-likeness (QED) is 0.558. The van der Waals surface area contributed by atoms with E-state index in [0.29, 0.717) is 6.54 Å². The Morgan fingerprint density at radius 3 is 2.11 bits per heavy atom. The number of hydrogen-bond acceptors (Lipinski definition) is 3. The number of hydrogen-bond donors (Lipinski definition) is 0. The molecule has 2 unspecified atom stereocenters. The summed E-state index contributed by atoms with van der Waals surface area (Å²) in [5.74, 6) is -0.714. The van der Waals surface area contributed by atoms with Gasteiger partial charge in [-0.3, -0.25) is 4.79 Å². The number of nitrogens with zero attached hydrogens (tertiary/aromatic N) is 1. The average molecular weight is 446 g/mol. The van der Waals surface area contributed by atoms with Gasteiger partial charge in [0.25, 0.3) is 0 Å². The Morgan fingerprint density at radius 2 is 1.57 bits per heavy atom. The van der Waals surface area contributed by atoms with Crippen LogP contribution in [0.4, 0.5) is 4.79 Å². The summed E-state index contributed by atoms with van der Waals surface area (Å²) in [7, 11) is 0. The number of halogens is 1. The van der Waals surface area contributed by atoms with Crippen molar-refractivity contribution >= 4 is 27.9 Å². The number of ether oxygens (including phenoxy) is 1. The van der Waals surface area contributed by atoms with Gasteiger partial charge in [0.05, 0.1) is 5.92 Å². The zero-order valence-electron chi connectivity index (χ0n) is 17.1. The normalized spacial score (nSPS) is 19.1. The number of likely N-dealkylation sites (tertiary alicyclic amines) is 1. The number of rotatable bonds is 2. The second-order valence-corrected chi connectivity index (χ2v) is 8.39. The topological polar surface area (TPSA) is 46.6 Å². The van der Waals surface area contributed by atoms with Crippen molar-refractivity contribution in [2.45, 2.75) is 52.1 Å². The molecule has 2 aromatic rings. The molecule has 4 nitrogen and oxygen atoms in total. The summed E-state index contributed by atoms with van der Waals surface area (Å²) >= 11 is 3.44. The largest absolute Gasteiger partial charge is 0.443 e. The van der Waals surface area contributed by atoms with Crippen LogP contribution >= 0.6 is 15.9 Å². The van der Waals surface area contributed by atoms with E-state index in [-0.39, 0.29) is 11.8 Å². The molecule has 2 atom stereocenters. The van der Waals surface area contributed by atoms with E-state index in [2.05, 4.69) is 15.9 Å². The smallest absolute Gasteiger partial charge is 0.417 e. The highest BCUT2D eigenvalue weighted by Gasteiger charge is 2.45. The van der Waals surface area contributed by atoms with Crippen LogP contribution in [0.3, 0.4) is 0 Å². The van der Waals surface area contributed by atoms with Gasteiger partial charge in [-0.1, -0.05) is 72.2 Å². The highest BCUT2D eigenvalue weighted by molar-refractivity contribution is 9.10. The van der Waals surface area contributed by atoms with Gasteiger partial charge in [0.1, 0.15) is 5.60 Å². The first kappa shape index (κ1) is 22.2. The van der Waals surface area contributed by atoms with Crippen LogP contribution in [0.5, 0.6) is 0 Å². The predicted molar refractivity (Wildman–Crippen MR) is 115 cm³/mol. The van der Waals surface area contributed by atoms with Crippen LogP contribution in [0.15, 0.2) is 59.1 Å². The first-order valence-corrected chi connectivity index (χ1v) is 10.4. The molecule has 0 N–H and O–H groups in total. The number of amides is 2. The summed E-state index contributed by atoms with van der Waals surface area (Å²) < 4.78 is 6.42. The monoisotopic (exact) mass is 445 g/mol. The molecule has 0 radical (unpaired) electrons. The Labute approximate surface area is 176 Å². The van der Waals surface area contributed by atoms with E-state index < -0.39 is 17.6 Å². The van der Waals surface area contributed by atoms with Crippen molar-refractivity contribution in [2.24, 2.45) is 0 Å². The van der Waals surface area contributed by atoms with Gasteiger partial charge in [-0.2, -0.15) is 0 Å². The summed E-state index contributed by atoms with van der Waals surface area (Å²) in [5.41, 5.74) is 1.30. The molecule has 0 bridgehead atoms. The van der Waals surface area contributed by atoms with E-state index >= 15 is 0 Å². The number of imide groups is 1. The molecule has 1 heterocycles. The summed E-state index contributed by atoms with van der Waals surface area (Å²) in [6, 6.07) is 17.5.